The molecule has 2 rings (SSSR count). The van der Waals surface area contributed by atoms with Crippen LogP contribution in [0.25, 0.3) is 11.1 Å². The highest BCUT2D eigenvalue weighted by atomic mass is 35.5. The maximum atomic E-state index is 9.56. The molecule has 0 amide bonds. The molecule has 0 radical (unpaired) electrons. The van der Waals surface area contributed by atoms with E-state index in [-0.39, 0.29) is 17.5 Å². The van der Waals surface area contributed by atoms with Gasteiger partial charge in [-0.1, -0.05) is 34.8 Å². The van der Waals surface area contributed by atoms with E-state index in [1.807, 2.05) is 0 Å². The number of halogens is 3. The number of nitrogens with two attached hydrogens (primary N) is 2. The molecule has 0 atom stereocenters. The van der Waals surface area contributed by atoms with Gasteiger partial charge in [-0.05, 0) is 19.1 Å². The molecule has 11 heteroatoms. The van der Waals surface area contributed by atoms with Gasteiger partial charge in [0.05, 0.1) is 15.8 Å². The summed E-state index contributed by atoms with van der Waals surface area (Å²) in [5, 5.41) is 1.13. The number of anilines is 2. The Bertz CT molecular complexity index is 815. The predicted molar refractivity (Wildman–Crippen MR) is 93.4 cm³/mol. The number of rotatable bonds is 2. The SMILES string of the molecule is CCS(=O)(=O)O.Nc1ncc(-c2cc(Cl)cc(Cl)c2Cl)c(N)n1. The highest BCUT2D eigenvalue weighted by Gasteiger charge is 2.13. The molecule has 1 aromatic carbocycles. The van der Waals surface area contributed by atoms with E-state index in [0.717, 1.165) is 0 Å². The van der Waals surface area contributed by atoms with Crippen molar-refractivity contribution in [1.29, 1.82) is 0 Å². The highest BCUT2D eigenvalue weighted by Crippen LogP contribution is 2.37. The van der Waals surface area contributed by atoms with Crippen molar-refractivity contribution in [3.8, 4) is 11.1 Å². The smallest absolute Gasteiger partial charge is 0.264 e. The molecule has 0 aliphatic carbocycles. The van der Waals surface area contributed by atoms with Crippen LogP contribution >= 0.6 is 34.8 Å². The van der Waals surface area contributed by atoms with Gasteiger partial charge in [-0.3, -0.25) is 4.55 Å². The Hall–Kier alpha value is -1.32. The van der Waals surface area contributed by atoms with Crippen LogP contribution in [0.1, 0.15) is 6.92 Å². The minimum absolute atomic E-state index is 0.0931. The number of nitrogens with zero attached hydrogens (tertiary/aromatic N) is 2. The van der Waals surface area contributed by atoms with Gasteiger partial charge in [0, 0.05) is 22.3 Å². The first-order valence-corrected chi connectivity index (χ1v) is 8.77. The fraction of sp³-hybridized carbons (Fsp3) is 0.167. The molecule has 0 fully saturated rings. The van der Waals surface area contributed by atoms with Gasteiger partial charge >= 0.3 is 0 Å². The zero-order valence-electron chi connectivity index (χ0n) is 11.8. The van der Waals surface area contributed by atoms with E-state index in [1.165, 1.54) is 13.1 Å². The second kappa shape index (κ2) is 7.98. The van der Waals surface area contributed by atoms with E-state index in [4.69, 9.17) is 50.8 Å². The van der Waals surface area contributed by atoms with E-state index in [1.54, 1.807) is 12.1 Å². The van der Waals surface area contributed by atoms with Gasteiger partial charge in [0.15, 0.2) is 0 Å². The summed E-state index contributed by atoms with van der Waals surface area (Å²) in [4.78, 5) is 7.71. The predicted octanol–water partition coefficient (Wildman–Crippen LogP) is 3.16. The molecule has 126 valence electrons. The van der Waals surface area contributed by atoms with E-state index in [0.29, 0.717) is 26.2 Å². The van der Waals surface area contributed by atoms with Crippen LogP contribution in [0.5, 0.6) is 0 Å². The summed E-state index contributed by atoms with van der Waals surface area (Å²) in [5.74, 6) is 0.112. The van der Waals surface area contributed by atoms with Crippen molar-refractivity contribution in [2.24, 2.45) is 0 Å². The fourth-order valence-electron chi connectivity index (χ4n) is 1.37. The zero-order chi connectivity index (χ0) is 17.8. The normalized spacial score (nSPS) is 10.8. The van der Waals surface area contributed by atoms with Crippen molar-refractivity contribution < 1.29 is 13.0 Å². The van der Waals surface area contributed by atoms with Gasteiger partial charge in [-0.2, -0.15) is 13.4 Å². The van der Waals surface area contributed by atoms with Gasteiger partial charge in [0.25, 0.3) is 10.1 Å². The lowest BCUT2D eigenvalue weighted by Gasteiger charge is -2.09. The lowest BCUT2D eigenvalue weighted by molar-refractivity contribution is 0.484. The van der Waals surface area contributed by atoms with Crippen molar-refractivity contribution in [2.75, 3.05) is 17.2 Å². The van der Waals surface area contributed by atoms with Crippen molar-refractivity contribution in [3.05, 3.63) is 33.4 Å². The average molecular weight is 400 g/mol. The van der Waals surface area contributed by atoms with E-state index >= 15 is 0 Å². The molecule has 1 heterocycles. The molecule has 0 saturated heterocycles. The Balaban J connectivity index is 0.000000379. The number of nitrogen functional groups attached to an aromatic ring is 2. The maximum Gasteiger partial charge on any atom is 0.264 e. The summed E-state index contributed by atoms with van der Waals surface area (Å²) in [6.07, 6.45) is 1.48. The standard InChI is InChI=1S/C10H7Cl3N4.C2H6O3S/c11-4-1-5(8(13)7(12)2-4)6-3-16-10(15)17-9(6)14;1-2-6(3,4)5/h1-3H,(H4,14,15,16,17);2H2,1H3,(H,3,4,5). The quantitative estimate of drug-likeness (QED) is 0.522. The Morgan fingerprint density at radius 1 is 1.17 bits per heavy atom. The molecule has 23 heavy (non-hydrogen) atoms. The number of benzene rings is 1. The summed E-state index contributed by atoms with van der Waals surface area (Å²) < 4.78 is 26.9. The molecular weight excluding hydrogens is 387 g/mol. The lowest BCUT2D eigenvalue weighted by atomic mass is 10.1. The van der Waals surface area contributed by atoms with Gasteiger partial charge in [-0.25, -0.2) is 4.98 Å². The van der Waals surface area contributed by atoms with E-state index in [2.05, 4.69) is 9.97 Å². The fourth-order valence-corrected chi connectivity index (χ4v) is 2.07. The highest BCUT2D eigenvalue weighted by molar-refractivity contribution is 7.85. The first-order valence-electron chi connectivity index (χ1n) is 6.03. The minimum Gasteiger partial charge on any atom is -0.383 e. The maximum absolute atomic E-state index is 9.56. The molecule has 0 unspecified atom stereocenters. The van der Waals surface area contributed by atoms with Gasteiger partial charge in [0.2, 0.25) is 5.95 Å². The van der Waals surface area contributed by atoms with Crippen LogP contribution in [0.15, 0.2) is 18.3 Å². The van der Waals surface area contributed by atoms with Crippen LogP contribution in [0.2, 0.25) is 15.1 Å². The van der Waals surface area contributed by atoms with Crippen LogP contribution in [0, 0.1) is 0 Å². The molecule has 5 N–H and O–H groups in total. The van der Waals surface area contributed by atoms with E-state index < -0.39 is 10.1 Å². The van der Waals surface area contributed by atoms with Crippen molar-refractivity contribution in [1.82, 2.24) is 9.97 Å². The van der Waals surface area contributed by atoms with E-state index in [9.17, 15) is 8.42 Å². The molecule has 0 aliphatic rings. The molecule has 0 spiro atoms. The molecule has 7 nitrogen and oxygen atoms in total. The second-order valence-corrected chi connectivity index (χ2v) is 7.11. The number of hydrogen-bond acceptors (Lipinski definition) is 6. The monoisotopic (exact) mass is 398 g/mol. The molecule has 0 saturated carbocycles. The molecule has 2 aromatic rings. The van der Waals surface area contributed by atoms with Crippen LogP contribution in [-0.4, -0.2) is 28.7 Å². The van der Waals surface area contributed by atoms with Gasteiger partial charge < -0.3 is 11.5 Å². The molecular formula is C12H13Cl3N4O3S. The minimum atomic E-state index is -3.66. The first-order chi connectivity index (χ1) is 10.5. The molecule has 0 aliphatic heterocycles. The Morgan fingerprint density at radius 3 is 2.22 bits per heavy atom. The second-order valence-electron chi connectivity index (χ2n) is 4.15. The first kappa shape index (κ1) is 19.7. The van der Waals surface area contributed by atoms with Crippen LogP contribution < -0.4 is 11.5 Å². The third kappa shape index (κ3) is 6.00. The third-order valence-electron chi connectivity index (χ3n) is 2.48. The average Bonchev–Trinajstić information content (AvgIpc) is 2.43. The van der Waals surface area contributed by atoms with Crippen molar-refractivity contribution in [2.45, 2.75) is 6.92 Å². The Kier molecular flexibility index (Phi) is 6.84. The third-order valence-corrected chi connectivity index (χ3v) is 4.23. The summed E-state index contributed by atoms with van der Waals surface area (Å²) in [6.45, 7) is 1.37. The van der Waals surface area contributed by atoms with Crippen LogP contribution in [0.3, 0.4) is 0 Å². The lowest BCUT2D eigenvalue weighted by Crippen LogP contribution is -2.01. The zero-order valence-corrected chi connectivity index (χ0v) is 14.9. The summed E-state index contributed by atoms with van der Waals surface area (Å²) in [5.41, 5.74) is 12.3. The topological polar surface area (TPSA) is 132 Å². The number of hydrogen-bond donors (Lipinski definition) is 3. The van der Waals surface area contributed by atoms with Crippen molar-refractivity contribution in [3.63, 3.8) is 0 Å². The largest absolute Gasteiger partial charge is 0.383 e. The Labute approximate surface area is 148 Å². The van der Waals surface area contributed by atoms with Gasteiger partial charge in [-0.15, -0.1) is 0 Å². The van der Waals surface area contributed by atoms with Crippen LogP contribution in [-0.2, 0) is 10.1 Å². The summed E-state index contributed by atoms with van der Waals surface area (Å²) in [7, 11) is -3.66. The van der Waals surface area contributed by atoms with Gasteiger partial charge in [0.1, 0.15) is 5.82 Å². The Morgan fingerprint density at radius 2 is 1.74 bits per heavy atom. The van der Waals surface area contributed by atoms with Crippen LogP contribution in [0.4, 0.5) is 11.8 Å². The molecule has 0 bridgehead atoms. The van der Waals surface area contributed by atoms with Crippen molar-refractivity contribution >= 4 is 56.7 Å². The number of aromatic nitrogens is 2. The summed E-state index contributed by atoms with van der Waals surface area (Å²) >= 11 is 17.9. The molecule has 1 aromatic heterocycles. The summed E-state index contributed by atoms with van der Waals surface area (Å²) in [6, 6.07) is 3.18.